The first-order chi connectivity index (χ1) is 7.04. The summed E-state index contributed by atoms with van der Waals surface area (Å²) in [6, 6.07) is 5.28. The molecular weight excluding hydrogens is 259 g/mol. The van der Waals surface area contributed by atoms with Crippen molar-refractivity contribution in [3.63, 3.8) is 0 Å². The molecule has 0 fully saturated rings. The lowest BCUT2D eigenvalue weighted by Crippen LogP contribution is -2.10. The third-order valence-corrected chi connectivity index (χ3v) is 2.69. The van der Waals surface area contributed by atoms with Crippen LogP contribution in [-0.2, 0) is 0 Å². The van der Waals surface area contributed by atoms with Gasteiger partial charge in [-0.15, -0.1) is 0 Å². The Hall–Kier alpha value is -1.08. The molecule has 1 unspecified atom stereocenters. The summed E-state index contributed by atoms with van der Waals surface area (Å²) in [7, 11) is 0. The zero-order valence-electron chi connectivity index (χ0n) is 8.64. The molecule has 0 bridgehead atoms. The monoisotopic (exact) mass is 270 g/mol. The number of nitrogens with one attached hydrogen (secondary N) is 1. The van der Waals surface area contributed by atoms with Crippen molar-refractivity contribution in [1.82, 2.24) is 0 Å². The van der Waals surface area contributed by atoms with Crippen molar-refractivity contribution >= 4 is 21.6 Å². The summed E-state index contributed by atoms with van der Waals surface area (Å²) in [5.41, 5.74) is 1.69. The molecule has 0 radical (unpaired) electrons. The minimum Gasteiger partial charge on any atom is -0.383 e. The van der Waals surface area contributed by atoms with Crippen molar-refractivity contribution in [2.45, 2.75) is 13.8 Å². The zero-order chi connectivity index (χ0) is 11.4. The van der Waals surface area contributed by atoms with Crippen molar-refractivity contribution in [2.24, 2.45) is 5.92 Å². The lowest BCUT2D eigenvalue weighted by molar-refractivity contribution is 0.620. The van der Waals surface area contributed by atoms with Crippen molar-refractivity contribution in [3.8, 4) is 6.07 Å². The Morgan fingerprint density at radius 1 is 1.60 bits per heavy atom. The summed E-state index contributed by atoms with van der Waals surface area (Å²) in [5, 5.41) is 11.7. The van der Waals surface area contributed by atoms with Gasteiger partial charge in [0, 0.05) is 12.2 Å². The minimum atomic E-state index is -0.272. The maximum atomic E-state index is 13.1. The van der Waals surface area contributed by atoms with E-state index < -0.39 is 0 Å². The Morgan fingerprint density at radius 3 is 2.87 bits per heavy atom. The number of anilines is 1. The Labute approximate surface area is 97.2 Å². The SMILES string of the molecule is Cc1cc(F)c(Br)cc1NCC(C)C#N. The van der Waals surface area contributed by atoms with Crippen LogP contribution in [0, 0.1) is 30.0 Å². The fourth-order valence-electron chi connectivity index (χ4n) is 1.15. The molecule has 0 heterocycles. The molecule has 15 heavy (non-hydrogen) atoms. The van der Waals surface area contributed by atoms with Crippen molar-refractivity contribution in [1.29, 1.82) is 5.26 Å². The molecule has 0 saturated carbocycles. The van der Waals surface area contributed by atoms with E-state index in [2.05, 4.69) is 27.3 Å². The molecule has 0 aliphatic heterocycles. The molecule has 1 atom stereocenters. The lowest BCUT2D eigenvalue weighted by Gasteiger charge is -2.11. The first-order valence-electron chi connectivity index (χ1n) is 4.63. The van der Waals surface area contributed by atoms with Crippen LogP contribution in [0.2, 0.25) is 0 Å². The van der Waals surface area contributed by atoms with E-state index in [-0.39, 0.29) is 11.7 Å². The number of rotatable bonds is 3. The molecule has 80 valence electrons. The van der Waals surface area contributed by atoms with Crippen LogP contribution in [0.4, 0.5) is 10.1 Å². The van der Waals surface area contributed by atoms with E-state index in [4.69, 9.17) is 5.26 Å². The standard InChI is InChI=1S/C11H12BrFN2/c1-7(5-14)6-15-11-4-9(12)10(13)3-8(11)2/h3-4,7,15H,6H2,1-2H3. The summed E-state index contributed by atoms with van der Waals surface area (Å²) >= 11 is 3.12. The Bertz CT molecular complexity index is 398. The van der Waals surface area contributed by atoms with E-state index in [0.717, 1.165) is 11.3 Å². The Morgan fingerprint density at radius 2 is 2.27 bits per heavy atom. The molecule has 0 saturated heterocycles. The smallest absolute Gasteiger partial charge is 0.137 e. The van der Waals surface area contributed by atoms with Crippen LogP contribution in [0.5, 0.6) is 0 Å². The molecule has 0 aromatic heterocycles. The van der Waals surface area contributed by atoms with Gasteiger partial charge in [-0.2, -0.15) is 5.26 Å². The number of halogens is 2. The van der Waals surface area contributed by atoms with E-state index in [0.29, 0.717) is 11.0 Å². The summed E-state index contributed by atoms with van der Waals surface area (Å²) < 4.78 is 13.5. The number of nitriles is 1. The van der Waals surface area contributed by atoms with Crippen LogP contribution in [0.15, 0.2) is 16.6 Å². The van der Waals surface area contributed by atoms with Crippen LogP contribution >= 0.6 is 15.9 Å². The fraction of sp³-hybridized carbons (Fsp3) is 0.364. The van der Waals surface area contributed by atoms with E-state index in [1.165, 1.54) is 6.07 Å². The summed E-state index contributed by atoms with van der Waals surface area (Å²) in [4.78, 5) is 0. The second-order valence-electron chi connectivity index (χ2n) is 3.49. The van der Waals surface area contributed by atoms with Gasteiger partial charge in [-0.25, -0.2) is 4.39 Å². The molecule has 1 rings (SSSR count). The predicted octanol–water partition coefficient (Wildman–Crippen LogP) is 3.47. The molecule has 0 aliphatic rings. The van der Waals surface area contributed by atoms with Gasteiger partial charge in [-0.1, -0.05) is 0 Å². The van der Waals surface area contributed by atoms with Crippen LogP contribution in [-0.4, -0.2) is 6.54 Å². The molecule has 1 aromatic rings. The quantitative estimate of drug-likeness (QED) is 0.913. The molecule has 1 aromatic carbocycles. The number of benzene rings is 1. The largest absolute Gasteiger partial charge is 0.383 e. The van der Waals surface area contributed by atoms with Gasteiger partial charge in [-0.05, 0) is 47.5 Å². The maximum absolute atomic E-state index is 13.1. The minimum absolute atomic E-state index is 0.0618. The highest BCUT2D eigenvalue weighted by atomic mass is 79.9. The molecule has 2 nitrogen and oxygen atoms in total. The normalized spacial score (nSPS) is 11.9. The van der Waals surface area contributed by atoms with Crippen molar-refractivity contribution < 1.29 is 4.39 Å². The summed E-state index contributed by atoms with van der Waals surface area (Å²) in [6.45, 7) is 4.23. The highest BCUT2D eigenvalue weighted by molar-refractivity contribution is 9.10. The third-order valence-electron chi connectivity index (χ3n) is 2.09. The van der Waals surface area contributed by atoms with Gasteiger partial charge in [0.05, 0.1) is 16.5 Å². The van der Waals surface area contributed by atoms with Crippen LogP contribution in [0.25, 0.3) is 0 Å². The van der Waals surface area contributed by atoms with Gasteiger partial charge in [-0.3, -0.25) is 0 Å². The van der Waals surface area contributed by atoms with Crippen molar-refractivity contribution in [3.05, 3.63) is 28.0 Å². The van der Waals surface area contributed by atoms with Crippen LogP contribution in [0.1, 0.15) is 12.5 Å². The van der Waals surface area contributed by atoms with Gasteiger partial charge in [0.1, 0.15) is 5.82 Å². The van der Waals surface area contributed by atoms with Gasteiger partial charge in [0.15, 0.2) is 0 Å². The third kappa shape index (κ3) is 3.21. The van der Waals surface area contributed by atoms with E-state index in [1.54, 1.807) is 6.07 Å². The number of nitrogens with zero attached hydrogens (tertiary/aromatic N) is 1. The molecule has 0 amide bonds. The average Bonchev–Trinajstić information content (AvgIpc) is 2.21. The average molecular weight is 271 g/mol. The van der Waals surface area contributed by atoms with Gasteiger partial charge < -0.3 is 5.32 Å². The Kier molecular flexibility index (Phi) is 4.10. The molecule has 4 heteroatoms. The maximum Gasteiger partial charge on any atom is 0.137 e. The second kappa shape index (κ2) is 5.13. The zero-order valence-corrected chi connectivity index (χ0v) is 10.2. The number of hydrogen-bond acceptors (Lipinski definition) is 2. The Balaban J connectivity index is 2.78. The summed E-state index contributed by atoms with van der Waals surface area (Å²) in [6.07, 6.45) is 0. The van der Waals surface area contributed by atoms with E-state index in [9.17, 15) is 4.39 Å². The van der Waals surface area contributed by atoms with Gasteiger partial charge in [0.2, 0.25) is 0 Å². The van der Waals surface area contributed by atoms with Crippen LogP contribution in [0.3, 0.4) is 0 Å². The van der Waals surface area contributed by atoms with Crippen molar-refractivity contribution in [2.75, 3.05) is 11.9 Å². The first kappa shape index (κ1) is 12.0. The predicted molar refractivity (Wildman–Crippen MR) is 62.1 cm³/mol. The van der Waals surface area contributed by atoms with E-state index in [1.807, 2.05) is 13.8 Å². The van der Waals surface area contributed by atoms with Gasteiger partial charge >= 0.3 is 0 Å². The summed E-state index contributed by atoms with van der Waals surface area (Å²) in [5.74, 6) is -0.334. The van der Waals surface area contributed by atoms with E-state index >= 15 is 0 Å². The first-order valence-corrected chi connectivity index (χ1v) is 5.43. The van der Waals surface area contributed by atoms with Gasteiger partial charge in [0.25, 0.3) is 0 Å². The van der Waals surface area contributed by atoms with Crippen LogP contribution < -0.4 is 5.32 Å². The number of hydrogen-bond donors (Lipinski definition) is 1. The molecule has 0 spiro atoms. The molecule has 0 aliphatic carbocycles. The number of aryl methyl sites for hydroxylation is 1. The molecule has 1 N–H and O–H groups in total. The molecular formula is C11H12BrFN2. The lowest BCUT2D eigenvalue weighted by atomic mass is 10.1. The fourth-order valence-corrected chi connectivity index (χ4v) is 1.49. The highest BCUT2D eigenvalue weighted by Gasteiger charge is 2.06. The topological polar surface area (TPSA) is 35.8 Å². The highest BCUT2D eigenvalue weighted by Crippen LogP contribution is 2.24. The second-order valence-corrected chi connectivity index (χ2v) is 4.35.